The lowest BCUT2D eigenvalue weighted by Crippen LogP contribution is -2.19. The first-order valence-corrected chi connectivity index (χ1v) is 12.7. The Balaban J connectivity index is 2.92. The molecule has 0 aliphatic carbocycles. The van der Waals surface area contributed by atoms with Crippen molar-refractivity contribution in [3.8, 4) is 0 Å². The van der Waals surface area contributed by atoms with Crippen LogP contribution in [0.1, 0.15) is 19.4 Å². The Hall–Kier alpha value is -0.610. The minimum absolute atomic E-state index is 0.0293. The van der Waals surface area contributed by atoms with Crippen LogP contribution >= 0.6 is 22.8 Å². The molecule has 0 aliphatic heterocycles. The van der Waals surface area contributed by atoms with Crippen molar-refractivity contribution in [2.24, 2.45) is 0 Å². The van der Waals surface area contributed by atoms with Crippen molar-refractivity contribution in [3.05, 3.63) is 29.8 Å². The highest BCUT2D eigenvalue weighted by Crippen LogP contribution is 2.59. The van der Waals surface area contributed by atoms with Crippen LogP contribution in [0.3, 0.4) is 0 Å². The molecular weight excluding hydrogens is 427 g/mol. The standard InChI is InChI=1S/C12H22NO11P3/c1-3-21-23-25(14,24-22-4-2)9-10-5-7-11(8-6-10)13-12(26(15,16)17)27(18,19)20/h5-8,12-13H,3-4,9H2,1-2H3,(H2,15,16,17)(H2,18,19,20). The van der Waals surface area contributed by atoms with Gasteiger partial charge in [0, 0.05) is 5.69 Å². The van der Waals surface area contributed by atoms with Crippen LogP contribution in [-0.2, 0) is 39.0 Å². The molecule has 15 heteroatoms. The predicted octanol–water partition coefficient (Wildman–Crippen LogP) is 2.37. The second-order valence-corrected chi connectivity index (χ2v) is 10.8. The summed E-state index contributed by atoms with van der Waals surface area (Å²) in [5.41, 5.74) is -1.93. The van der Waals surface area contributed by atoms with Crippen LogP contribution in [0.25, 0.3) is 0 Å². The molecule has 0 saturated carbocycles. The number of benzene rings is 1. The van der Waals surface area contributed by atoms with Gasteiger partial charge in [-0.25, -0.2) is 9.78 Å². The van der Waals surface area contributed by atoms with Crippen molar-refractivity contribution in [1.29, 1.82) is 0 Å². The van der Waals surface area contributed by atoms with Crippen molar-refractivity contribution < 1.29 is 52.4 Å². The summed E-state index contributed by atoms with van der Waals surface area (Å²) in [5, 5.41) is 2.11. The molecule has 0 unspecified atom stereocenters. The Morgan fingerprint density at radius 3 is 1.70 bits per heavy atom. The maximum absolute atomic E-state index is 12.5. The van der Waals surface area contributed by atoms with E-state index in [1.54, 1.807) is 13.8 Å². The number of hydrogen-bond acceptors (Lipinski definition) is 8. The first-order chi connectivity index (χ1) is 12.4. The van der Waals surface area contributed by atoms with Crippen LogP contribution in [0, 0.1) is 0 Å². The topological polar surface area (TPSA) is 181 Å². The highest BCUT2D eigenvalue weighted by Gasteiger charge is 2.43. The predicted molar refractivity (Wildman–Crippen MR) is 94.7 cm³/mol. The van der Waals surface area contributed by atoms with Gasteiger partial charge in [-0.3, -0.25) is 13.7 Å². The van der Waals surface area contributed by atoms with Gasteiger partial charge in [0.25, 0.3) is 0 Å². The second kappa shape index (κ2) is 10.2. The molecule has 0 saturated heterocycles. The van der Waals surface area contributed by atoms with Crippen LogP contribution in [0.4, 0.5) is 5.69 Å². The van der Waals surface area contributed by atoms with Gasteiger partial charge in [0.1, 0.15) is 0 Å². The fourth-order valence-electron chi connectivity index (χ4n) is 1.77. The second-order valence-electron chi connectivity index (χ2n) is 5.12. The molecule has 1 rings (SSSR count). The summed E-state index contributed by atoms with van der Waals surface area (Å²) in [6, 6.07) is 5.38. The van der Waals surface area contributed by atoms with E-state index in [1.807, 2.05) is 0 Å². The van der Waals surface area contributed by atoms with Gasteiger partial charge in [0.2, 0.25) is 5.52 Å². The van der Waals surface area contributed by atoms with Gasteiger partial charge < -0.3 is 24.9 Å². The summed E-state index contributed by atoms with van der Waals surface area (Å²) in [4.78, 5) is 45.8. The van der Waals surface area contributed by atoms with Crippen LogP contribution in [0.15, 0.2) is 24.3 Å². The molecule has 27 heavy (non-hydrogen) atoms. The van der Waals surface area contributed by atoms with E-state index in [0.717, 1.165) is 0 Å². The molecule has 0 heterocycles. The molecule has 0 aromatic heterocycles. The average Bonchev–Trinajstić information content (AvgIpc) is 2.55. The Labute approximate surface area is 155 Å². The number of rotatable bonds is 12. The highest BCUT2D eigenvalue weighted by atomic mass is 31.2. The van der Waals surface area contributed by atoms with Crippen molar-refractivity contribution in [3.63, 3.8) is 0 Å². The van der Waals surface area contributed by atoms with E-state index >= 15 is 0 Å². The first-order valence-electron chi connectivity index (χ1n) is 7.58. The molecule has 0 amide bonds. The third-order valence-corrected chi connectivity index (χ3v) is 7.59. The molecule has 1 aromatic carbocycles. The SMILES string of the molecule is CCOOP(=O)(Cc1ccc(NC(P(=O)(O)O)P(=O)(O)O)cc1)OOCC. The highest BCUT2D eigenvalue weighted by molar-refractivity contribution is 7.71. The Kier molecular flexibility index (Phi) is 9.27. The molecule has 1 aromatic rings. The van der Waals surface area contributed by atoms with Gasteiger partial charge in [-0.15, -0.1) is 9.35 Å². The molecule has 0 bridgehead atoms. The maximum Gasteiger partial charge on any atom is 0.388 e. The Morgan fingerprint density at radius 2 is 1.33 bits per heavy atom. The van der Waals surface area contributed by atoms with E-state index in [1.165, 1.54) is 24.3 Å². The minimum atomic E-state index is -5.13. The summed E-state index contributed by atoms with van der Waals surface area (Å²) < 4.78 is 44.6. The number of anilines is 1. The zero-order valence-corrected chi connectivity index (χ0v) is 17.2. The Morgan fingerprint density at radius 1 is 0.889 bits per heavy atom. The van der Waals surface area contributed by atoms with E-state index in [0.29, 0.717) is 5.56 Å². The summed E-state index contributed by atoms with van der Waals surface area (Å²) in [5.74, 6) is 0. The molecule has 0 aliphatic rings. The average molecular weight is 449 g/mol. The molecule has 5 N–H and O–H groups in total. The lowest BCUT2D eigenvalue weighted by molar-refractivity contribution is -0.263. The van der Waals surface area contributed by atoms with Crippen LogP contribution in [0.5, 0.6) is 0 Å². The molecule has 0 fully saturated rings. The summed E-state index contributed by atoms with van der Waals surface area (Å²) >= 11 is 0. The van der Waals surface area contributed by atoms with Gasteiger partial charge in [0.05, 0.1) is 19.4 Å². The third kappa shape index (κ3) is 8.51. The lowest BCUT2D eigenvalue weighted by Gasteiger charge is -2.22. The minimum Gasteiger partial charge on any atom is -0.362 e. The van der Waals surface area contributed by atoms with Crippen LogP contribution in [0.2, 0.25) is 0 Å². The quantitative estimate of drug-likeness (QED) is 0.179. The van der Waals surface area contributed by atoms with E-state index in [4.69, 9.17) is 28.9 Å². The van der Waals surface area contributed by atoms with Gasteiger partial charge in [-0.2, -0.15) is 0 Å². The van der Waals surface area contributed by atoms with Gasteiger partial charge in [-0.05, 0) is 31.5 Å². The van der Waals surface area contributed by atoms with E-state index in [-0.39, 0.29) is 25.1 Å². The molecular formula is C12H22NO11P3. The molecule has 0 radical (unpaired) electrons. The number of nitrogens with one attached hydrogen (secondary N) is 1. The molecule has 0 atom stereocenters. The fourth-order valence-corrected chi connectivity index (χ4v) is 5.30. The third-order valence-electron chi connectivity index (χ3n) is 2.83. The summed E-state index contributed by atoms with van der Waals surface area (Å²) in [6.07, 6.45) is -0.242. The fraction of sp³-hybridized carbons (Fsp3) is 0.500. The first kappa shape index (κ1) is 24.4. The van der Waals surface area contributed by atoms with Crippen molar-refractivity contribution >= 4 is 28.5 Å². The molecule has 12 nitrogen and oxygen atoms in total. The van der Waals surface area contributed by atoms with Gasteiger partial charge >= 0.3 is 22.8 Å². The van der Waals surface area contributed by atoms with E-state index in [2.05, 4.69) is 15.1 Å². The van der Waals surface area contributed by atoms with Crippen molar-refractivity contribution in [1.82, 2.24) is 0 Å². The van der Waals surface area contributed by atoms with Crippen molar-refractivity contribution in [2.45, 2.75) is 25.5 Å². The molecule has 0 spiro atoms. The van der Waals surface area contributed by atoms with Crippen molar-refractivity contribution in [2.75, 3.05) is 18.5 Å². The van der Waals surface area contributed by atoms with E-state index in [9.17, 15) is 13.7 Å². The summed E-state index contributed by atoms with van der Waals surface area (Å²) in [7, 11) is -14.0. The Bertz CT molecular complexity index is 695. The largest absolute Gasteiger partial charge is 0.388 e. The zero-order valence-electron chi connectivity index (χ0n) is 14.5. The van der Waals surface area contributed by atoms with Crippen LogP contribution in [-0.4, -0.2) is 38.3 Å². The lowest BCUT2D eigenvalue weighted by atomic mass is 10.2. The summed E-state index contributed by atoms with van der Waals surface area (Å²) in [6.45, 7) is 3.47. The normalized spacial score (nSPS) is 13.1. The number of hydrogen-bond donors (Lipinski definition) is 5. The van der Waals surface area contributed by atoms with Gasteiger partial charge in [-0.1, -0.05) is 12.1 Å². The van der Waals surface area contributed by atoms with E-state index < -0.39 is 28.3 Å². The monoisotopic (exact) mass is 449 g/mol. The zero-order chi connectivity index (χ0) is 20.7. The molecule has 156 valence electrons. The maximum atomic E-state index is 12.5. The smallest absolute Gasteiger partial charge is 0.362 e. The van der Waals surface area contributed by atoms with Gasteiger partial charge in [0.15, 0.2) is 0 Å². The van der Waals surface area contributed by atoms with Crippen LogP contribution < -0.4 is 5.32 Å².